The lowest BCUT2D eigenvalue weighted by molar-refractivity contribution is -0.123. The van der Waals surface area contributed by atoms with Gasteiger partial charge in [0.2, 0.25) is 5.91 Å². The fraction of sp³-hybridized carbons (Fsp3) is 0.667. The number of pyridine rings is 1. The van der Waals surface area contributed by atoms with E-state index in [0.29, 0.717) is 18.0 Å². The molecule has 8 heteroatoms. The maximum absolute atomic E-state index is 13.2. The molecule has 3 N–H and O–H groups in total. The average Bonchev–Trinajstić information content (AvgIpc) is 3.53. The number of likely N-dealkylation sites (tertiary alicyclic amines) is 1. The van der Waals surface area contributed by atoms with E-state index in [1.807, 2.05) is 17.7 Å². The third-order valence-corrected chi connectivity index (χ3v) is 6.55. The van der Waals surface area contributed by atoms with E-state index in [-0.39, 0.29) is 23.3 Å². The lowest BCUT2D eigenvalue weighted by Crippen LogP contribution is -2.42. The number of fused-ring (bicyclic) bond motifs is 1. The van der Waals surface area contributed by atoms with Crippen LogP contribution in [0.3, 0.4) is 0 Å². The van der Waals surface area contributed by atoms with E-state index in [2.05, 4.69) is 31.0 Å². The first-order valence-electron chi connectivity index (χ1n) is 11.9. The normalized spacial score (nSPS) is 19.9. The highest BCUT2D eigenvalue weighted by Gasteiger charge is 2.30. The van der Waals surface area contributed by atoms with Crippen LogP contribution in [0, 0.1) is 12.8 Å². The Balaban J connectivity index is 1.46. The highest BCUT2D eigenvalue weighted by atomic mass is 16.2. The maximum Gasteiger partial charge on any atom is 0.252 e. The molecule has 1 saturated heterocycles. The lowest BCUT2D eigenvalue weighted by atomic mass is 9.97. The number of primary amides is 1. The minimum Gasteiger partial charge on any atom is -0.369 e. The van der Waals surface area contributed by atoms with Crippen molar-refractivity contribution < 1.29 is 9.59 Å². The van der Waals surface area contributed by atoms with Crippen molar-refractivity contribution in [1.29, 1.82) is 0 Å². The van der Waals surface area contributed by atoms with E-state index < -0.39 is 0 Å². The Morgan fingerprint density at radius 1 is 1.25 bits per heavy atom. The Bertz CT molecular complexity index is 1020. The molecule has 8 nitrogen and oxygen atoms in total. The highest BCUT2D eigenvalue weighted by Crippen LogP contribution is 2.41. The fourth-order valence-electron chi connectivity index (χ4n) is 4.63. The van der Waals surface area contributed by atoms with Crippen molar-refractivity contribution in [3.63, 3.8) is 0 Å². The summed E-state index contributed by atoms with van der Waals surface area (Å²) in [4.78, 5) is 31.9. The Hall–Kier alpha value is -2.48. The molecule has 1 aliphatic heterocycles. The molecule has 3 heterocycles. The van der Waals surface area contributed by atoms with E-state index in [4.69, 9.17) is 15.8 Å². The Kier molecular flexibility index (Phi) is 6.25. The summed E-state index contributed by atoms with van der Waals surface area (Å²) in [6.07, 6.45) is 4.97. The first kappa shape index (κ1) is 22.7. The molecular weight excluding hydrogens is 404 g/mol. The number of hydrogen-bond acceptors (Lipinski definition) is 5. The third-order valence-electron chi connectivity index (χ3n) is 6.55. The van der Waals surface area contributed by atoms with Crippen molar-refractivity contribution in [2.75, 3.05) is 26.2 Å². The topological polar surface area (TPSA) is 106 Å². The number of aryl methyl sites for hydroxylation is 1. The van der Waals surface area contributed by atoms with Crippen LogP contribution in [0.25, 0.3) is 11.0 Å². The monoisotopic (exact) mass is 440 g/mol. The molecule has 2 amide bonds. The minimum atomic E-state index is -0.216. The summed E-state index contributed by atoms with van der Waals surface area (Å²) in [5, 5.41) is 8.69. The van der Waals surface area contributed by atoms with Gasteiger partial charge in [-0.1, -0.05) is 0 Å². The second kappa shape index (κ2) is 8.81. The number of amides is 2. The van der Waals surface area contributed by atoms with Crippen LogP contribution in [0.1, 0.15) is 80.5 Å². The predicted molar refractivity (Wildman–Crippen MR) is 125 cm³/mol. The van der Waals surface area contributed by atoms with E-state index in [1.165, 1.54) is 0 Å². The van der Waals surface area contributed by atoms with Gasteiger partial charge in [0, 0.05) is 24.7 Å². The van der Waals surface area contributed by atoms with Crippen LogP contribution < -0.4 is 11.1 Å². The van der Waals surface area contributed by atoms with Crippen molar-refractivity contribution in [2.24, 2.45) is 11.7 Å². The summed E-state index contributed by atoms with van der Waals surface area (Å²) in [6.45, 7) is 11.4. The molecule has 1 atom stereocenters. The van der Waals surface area contributed by atoms with Crippen LogP contribution in [0.4, 0.5) is 0 Å². The zero-order chi connectivity index (χ0) is 23.0. The number of carbonyl (C=O) groups is 2. The van der Waals surface area contributed by atoms with Crippen LogP contribution in [0.2, 0.25) is 0 Å². The molecule has 0 radical (unpaired) electrons. The lowest BCUT2D eigenvalue weighted by Gasteiger charge is -2.31. The molecule has 0 spiro atoms. The molecule has 32 heavy (non-hydrogen) atoms. The highest BCUT2D eigenvalue weighted by molar-refractivity contribution is 6.06. The average molecular weight is 441 g/mol. The Labute approximate surface area is 189 Å². The van der Waals surface area contributed by atoms with Gasteiger partial charge in [0.1, 0.15) is 0 Å². The molecular formula is C24H36N6O2. The van der Waals surface area contributed by atoms with Gasteiger partial charge in [0.15, 0.2) is 5.65 Å². The summed E-state index contributed by atoms with van der Waals surface area (Å²) in [5.74, 6) is 0.130. The molecule has 2 aliphatic rings. The summed E-state index contributed by atoms with van der Waals surface area (Å²) in [7, 11) is 0. The van der Waals surface area contributed by atoms with Crippen LogP contribution in [-0.4, -0.2) is 57.7 Å². The summed E-state index contributed by atoms with van der Waals surface area (Å²) >= 11 is 0. The van der Waals surface area contributed by atoms with Gasteiger partial charge in [-0.2, -0.15) is 5.10 Å². The Morgan fingerprint density at radius 3 is 2.66 bits per heavy atom. The van der Waals surface area contributed by atoms with Gasteiger partial charge in [-0.05, 0) is 79.0 Å². The zero-order valence-corrected chi connectivity index (χ0v) is 19.8. The van der Waals surface area contributed by atoms with Gasteiger partial charge in [-0.15, -0.1) is 0 Å². The van der Waals surface area contributed by atoms with Crippen LogP contribution in [0.5, 0.6) is 0 Å². The van der Waals surface area contributed by atoms with Crippen molar-refractivity contribution in [3.8, 4) is 0 Å². The van der Waals surface area contributed by atoms with Crippen molar-refractivity contribution in [1.82, 2.24) is 25.0 Å². The Morgan fingerprint density at radius 2 is 2.00 bits per heavy atom. The van der Waals surface area contributed by atoms with Crippen LogP contribution in [-0.2, 0) is 10.3 Å². The van der Waals surface area contributed by atoms with Gasteiger partial charge >= 0.3 is 0 Å². The molecule has 174 valence electrons. The van der Waals surface area contributed by atoms with Crippen molar-refractivity contribution in [2.45, 2.75) is 71.3 Å². The number of hydrogen-bond donors (Lipinski definition) is 2. The summed E-state index contributed by atoms with van der Waals surface area (Å²) < 4.78 is 1.95. The first-order chi connectivity index (χ1) is 15.1. The molecule has 4 rings (SSSR count). The zero-order valence-electron chi connectivity index (χ0n) is 19.8. The second-order valence-electron chi connectivity index (χ2n) is 10.4. The molecule has 0 aromatic carbocycles. The number of nitrogens with zero attached hydrogens (tertiary/aromatic N) is 4. The van der Waals surface area contributed by atoms with Gasteiger partial charge in [-0.3, -0.25) is 9.59 Å². The molecule has 0 bridgehead atoms. The number of aromatic nitrogens is 3. The van der Waals surface area contributed by atoms with Crippen molar-refractivity contribution >= 4 is 22.8 Å². The molecule has 1 saturated carbocycles. The van der Waals surface area contributed by atoms with Gasteiger partial charge in [0.05, 0.1) is 28.1 Å². The molecule has 2 aromatic heterocycles. The SMILES string of the molecule is Cc1nn(C(C)(C)C)c2nc(C3CC3)cc(C(=O)NCCCN3CCCC(C(N)=O)C3)c12. The maximum atomic E-state index is 13.2. The van der Waals surface area contributed by atoms with Crippen LogP contribution >= 0.6 is 0 Å². The molecule has 1 unspecified atom stereocenters. The first-order valence-corrected chi connectivity index (χ1v) is 11.9. The van der Waals surface area contributed by atoms with Gasteiger partial charge < -0.3 is 16.0 Å². The number of nitrogens with one attached hydrogen (secondary N) is 1. The predicted octanol–water partition coefficient (Wildman–Crippen LogP) is 2.69. The van der Waals surface area contributed by atoms with E-state index in [9.17, 15) is 9.59 Å². The van der Waals surface area contributed by atoms with Gasteiger partial charge in [0.25, 0.3) is 5.91 Å². The number of carbonyl (C=O) groups excluding carboxylic acids is 2. The van der Waals surface area contributed by atoms with Crippen molar-refractivity contribution in [3.05, 3.63) is 23.0 Å². The largest absolute Gasteiger partial charge is 0.369 e. The summed E-state index contributed by atoms with van der Waals surface area (Å²) in [6, 6.07) is 1.97. The molecule has 2 aromatic rings. The fourth-order valence-corrected chi connectivity index (χ4v) is 4.63. The number of piperidine rings is 1. The smallest absolute Gasteiger partial charge is 0.252 e. The van der Waals surface area contributed by atoms with E-state index in [1.54, 1.807) is 0 Å². The van der Waals surface area contributed by atoms with E-state index in [0.717, 1.165) is 74.2 Å². The molecule has 2 fully saturated rings. The second-order valence-corrected chi connectivity index (χ2v) is 10.4. The number of nitrogens with two attached hydrogens (primary N) is 1. The van der Waals surface area contributed by atoms with Gasteiger partial charge in [-0.25, -0.2) is 9.67 Å². The molecule has 1 aliphatic carbocycles. The van der Waals surface area contributed by atoms with Crippen LogP contribution in [0.15, 0.2) is 6.07 Å². The number of rotatable bonds is 7. The third kappa shape index (κ3) is 4.80. The summed E-state index contributed by atoms with van der Waals surface area (Å²) in [5.41, 5.74) is 8.57. The minimum absolute atomic E-state index is 0.0494. The quantitative estimate of drug-likeness (QED) is 0.644. The standard InChI is InChI=1S/C24H36N6O2/c1-15-20-18(13-19(16-8-9-16)27-22(20)30(28-15)24(2,3)4)23(32)26-10-6-12-29-11-5-7-17(14-29)21(25)31/h13,16-17H,5-12,14H2,1-4H3,(H2,25,31)(H,26,32). The van der Waals surface area contributed by atoms with E-state index >= 15 is 0 Å².